The zero-order valence-corrected chi connectivity index (χ0v) is 16.7. The number of ether oxygens (including phenoxy) is 1. The van der Waals surface area contributed by atoms with E-state index in [0.29, 0.717) is 31.0 Å². The van der Waals surface area contributed by atoms with Gasteiger partial charge in [-0.25, -0.2) is 9.78 Å². The quantitative estimate of drug-likeness (QED) is 0.636. The van der Waals surface area contributed by atoms with E-state index in [-0.39, 0.29) is 12.0 Å². The summed E-state index contributed by atoms with van der Waals surface area (Å²) in [6.07, 6.45) is 0.422. The minimum absolute atomic E-state index is 0.152. The second-order valence-electron chi connectivity index (χ2n) is 7.40. The number of halogens is 3. The van der Waals surface area contributed by atoms with E-state index in [2.05, 4.69) is 4.98 Å². The molecule has 0 spiro atoms. The number of aromatic nitrogens is 2. The van der Waals surface area contributed by atoms with Crippen molar-refractivity contribution in [2.45, 2.75) is 44.7 Å². The summed E-state index contributed by atoms with van der Waals surface area (Å²) in [5, 5.41) is 0. The first kappa shape index (κ1) is 21.2. The fourth-order valence-corrected chi connectivity index (χ4v) is 3.57. The minimum atomic E-state index is -4.38. The average Bonchev–Trinajstić information content (AvgIpc) is 3.09. The SMILES string of the molecule is CCCCOC(=O)N1CCC(c2nc(-c3cccc(C(F)(F)F)c3)cn2C)CC1. The number of carbonyl (C=O) groups is 1. The number of carbonyl (C=O) groups excluding carboxylic acids is 1. The van der Waals surface area contributed by atoms with Crippen LogP contribution in [0.3, 0.4) is 0 Å². The number of alkyl halides is 3. The standard InChI is InChI=1S/C21H26F3N3O2/c1-3-4-12-29-20(28)27-10-8-15(9-11-27)19-25-18(14-26(19)2)16-6-5-7-17(13-16)21(22,23)24/h5-7,13-15H,3-4,8-12H2,1-2H3. The maximum Gasteiger partial charge on any atom is 0.416 e. The number of likely N-dealkylation sites (tertiary alicyclic amines) is 1. The lowest BCUT2D eigenvalue weighted by atomic mass is 9.96. The molecule has 5 nitrogen and oxygen atoms in total. The van der Waals surface area contributed by atoms with E-state index >= 15 is 0 Å². The highest BCUT2D eigenvalue weighted by Crippen LogP contribution is 2.33. The number of rotatable bonds is 5. The van der Waals surface area contributed by atoms with Crippen molar-refractivity contribution in [2.75, 3.05) is 19.7 Å². The van der Waals surface area contributed by atoms with Crippen LogP contribution in [0.25, 0.3) is 11.3 Å². The number of unbranched alkanes of at least 4 members (excludes halogenated alkanes) is 1. The van der Waals surface area contributed by atoms with Crippen molar-refractivity contribution in [2.24, 2.45) is 7.05 Å². The highest BCUT2D eigenvalue weighted by atomic mass is 19.4. The number of nitrogens with zero attached hydrogens (tertiary/aromatic N) is 3. The number of piperidine rings is 1. The Morgan fingerprint density at radius 1 is 1.28 bits per heavy atom. The lowest BCUT2D eigenvalue weighted by Crippen LogP contribution is -2.38. The van der Waals surface area contributed by atoms with Gasteiger partial charge in [0.1, 0.15) is 5.82 Å². The van der Waals surface area contributed by atoms with Crippen molar-refractivity contribution in [3.05, 3.63) is 41.9 Å². The molecule has 1 aromatic heterocycles. The van der Waals surface area contributed by atoms with Crippen molar-refractivity contribution >= 4 is 6.09 Å². The molecule has 0 saturated carbocycles. The summed E-state index contributed by atoms with van der Waals surface area (Å²) >= 11 is 0. The molecule has 0 bridgehead atoms. The molecular formula is C21H26F3N3O2. The van der Waals surface area contributed by atoms with Crippen molar-refractivity contribution in [1.29, 1.82) is 0 Å². The van der Waals surface area contributed by atoms with Crippen LogP contribution in [0.2, 0.25) is 0 Å². The Bertz CT molecular complexity index is 840. The Hall–Kier alpha value is -2.51. The number of benzene rings is 1. The molecule has 1 saturated heterocycles. The first-order valence-electron chi connectivity index (χ1n) is 9.92. The van der Waals surface area contributed by atoms with E-state index in [1.807, 2.05) is 18.5 Å². The number of imidazole rings is 1. The van der Waals surface area contributed by atoms with Gasteiger partial charge >= 0.3 is 12.3 Å². The Labute approximate surface area is 168 Å². The highest BCUT2D eigenvalue weighted by molar-refractivity contribution is 5.67. The van der Waals surface area contributed by atoms with E-state index in [0.717, 1.165) is 43.6 Å². The van der Waals surface area contributed by atoms with Crippen molar-refractivity contribution in [3.63, 3.8) is 0 Å². The van der Waals surface area contributed by atoms with Crippen LogP contribution in [0.5, 0.6) is 0 Å². The summed E-state index contributed by atoms with van der Waals surface area (Å²) in [5.74, 6) is 0.982. The first-order valence-corrected chi connectivity index (χ1v) is 9.92. The summed E-state index contributed by atoms with van der Waals surface area (Å²) < 4.78 is 46.1. The van der Waals surface area contributed by atoms with Crippen LogP contribution < -0.4 is 0 Å². The Kier molecular flexibility index (Phi) is 6.49. The van der Waals surface area contributed by atoms with E-state index in [1.54, 1.807) is 17.2 Å². The molecular weight excluding hydrogens is 383 g/mol. The van der Waals surface area contributed by atoms with Gasteiger partial charge in [0, 0.05) is 37.8 Å². The van der Waals surface area contributed by atoms with Gasteiger partial charge in [-0.05, 0) is 31.4 Å². The minimum Gasteiger partial charge on any atom is -0.449 e. The molecule has 3 rings (SSSR count). The van der Waals surface area contributed by atoms with Gasteiger partial charge in [0.05, 0.1) is 17.9 Å². The maximum atomic E-state index is 13.0. The van der Waals surface area contributed by atoms with Crippen molar-refractivity contribution in [3.8, 4) is 11.3 Å². The summed E-state index contributed by atoms with van der Waals surface area (Å²) in [5.41, 5.74) is 0.283. The summed E-state index contributed by atoms with van der Waals surface area (Å²) in [7, 11) is 1.85. The predicted octanol–water partition coefficient (Wildman–Crippen LogP) is 5.22. The first-order chi connectivity index (χ1) is 13.8. The number of aryl methyl sites for hydroxylation is 1. The van der Waals surface area contributed by atoms with Gasteiger partial charge in [0.2, 0.25) is 0 Å². The average molecular weight is 409 g/mol. The molecule has 1 aromatic carbocycles. The molecule has 0 aliphatic carbocycles. The van der Waals surface area contributed by atoms with Crippen LogP contribution in [0.15, 0.2) is 30.5 Å². The fraction of sp³-hybridized carbons (Fsp3) is 0.524. The van der Waals surface area contributed by atoms with Gasteiger partial charge in [-0.1, -0.05) is 25.5 Å². The van der Waals surface area contributed by atoms with Gasteiger partial charge in [0.25, 0.3) is 0 Å². The van der Waals surface area contributed by atoms with Crippen LogP contribution in [0.1, 0.15) is 49.9 Å². The monoisotopic (exact) mass is 409 g/mol. The largest absolute Gasteiger partial charge is 0.449 e. The summed E-state index contributed by atoms with van der Waals surface area (Å²) in [4.78, 5) is 18.4. The molecule has 2 aromatic rings. The smallest absolute Gasteiger partial charge is 0.416 e. The Morgan fingerprint density at radius 3 is 2.66 bits per heavy atom. The second kappa shape index (κ2) is 8.88. The number of amides is 1. The van der Waals surface area contributed by atoms with Gasteiger partial charge in [-0.15, -0.1) is 0 Å². The molecule has 1 aliphatic heterocycles. The Balaban J connectivity index is 1.67. The highest BCUT2D eigenvalue weighted by Gasteiger charge is 2.31. The number of hydrogen-bond donors (Lipinski definition) is 0. The van der Waals surface area contributed by atoms with Gasteiger partial charge in [0.15, 0.2) is 0 Å². The normalized spacial score (nSPS) is 15.6. The third kappa shape index (κ3) is 5.10. The molecule has 2 heterocycles. The molecule has 158 valence electrons. The molecule has 1 fully saturated rings. The van der Waals surface area contributed by atoms with Crippen LogP contribution in [0.4, 0.5) is 18.0 Å². The topological polar surface area (TPSA) is 47.4 Å². The zero-order chi connectivity index (χ0) is 21.0. The summed E-state index contributed by atoms with van der Waals surface area (Å²) in [6, 6.07) is 5.22. The number of hydrogen-bond acceptors (Lipinski definition) is 3. The molecule has 8 heteroatoms. The third-order valence-corrected chi connectivity index (χ3v) is 5.24. The van der Waals surface area contributed by atoms with Crippen molar-refractivity contribution in [1.82, 2.24) is 14.5 Å². The maximum absolute atomic E-state index is 13.0. The van der Waals surface area contributed by atoms with Crippen LogP contribution >= 0.6 is 0 Å². The summed E-state index contributed by atoms with van der Waals surface area (Å²) in [6.45, 7) is 3.65. The van der Waals surface area contributed by atoms with Gasteiger partial charge in [-0.3, -0.25) is 0 Å². The fourth-order valence-electron chi connectivity index (χ4n) is 3.57. The molecule has 0 radical (unpaired) electrons. The molecule has 29 heavy (non-hydrogen) atoms. The van der Waals surface area contributed by atoms with E-state index in [4.69, 9.17) is 4.74 Å². The molecule has 0 atom stereocenters. The van der Waals surface area contributed by atoms with E-state index < -0.39 is 11.7 Å². The molecule has 0 N–H and O–H groups in total. The van der Waals surface area contributed by atoms with Crippen molar-refractivity contribution < 1.29 is 22.7 Å². The second-order valence-corrected chi connectivity index (χ2v) is 7.40. The van der Waals surface area contributed by atoms with Crippen LogP contribution in [-0.4, -0.2) is 40.2 Å². The lowest BCUT2D eigenvalue weighted by Gasteiger charge is -2.31. The van der Waals surface area contributed by atoms with E-state index in [1.165, 1.54) is 6.07 Å². The zero-order valence-electron chi connectivity index (χ0n) is 16.7. The van der Waals surface area contributed by atoms with Crippen LogP contribution in [0, 0.1) is 0 Å². The molecule has 0 unspecified atom stereocenters. The molecule has 1 aliphatic rings. The molecule has 1 amide bonds. The third-order valence-electron chi connectivity index (χ3n) is 5.24. The van der Waals surface area contributed by atoms with E-state index in [9.17, 15) is 18.0 Å². The van der Waals surface area contributed by atoms with Gasteiger partial charge in [-0.2, -0.15) is 13.2 Å². The lowest BCUT2D eigenvalue weighted by molar-refractivity contribution is -0.137. The predicted molar refractivity (Wildman–Crippen MR) is 103 cm³/mol. The van der Waals surface area contributed by atoms with Gasteiger partial charge < -0.3 is 14.2 Å². The van der Waals surface area contributed by atoms with Crippen LogP contribution in [-0.2, 0) is 18.0 Å². The Morgan fingerprint density at radius 2 is 2.00 bits per heavy atom.